The highest BCUT2D eigenvalue weighted by atomic mass is 16.6. The van der Waals surface area contributed by atoms with Gasteiger partial charge in [0, 0.05) is 6.04 Å². The Hall–Kier alpha value is -0.120. The number of rotatable bonds is 0. The summed E-state index contributed by atoms with van der Waals surface area (Å²) >= 11 is 0. The molecule has 0 aromatic rings. The fourth-order valence-electron chi connectivity index (χ4n) is 0.575. The molecular formula is C4H9NO2. The van der Waals surface area contributed by atoms with Gasteiger partial charge in [0.15, 0.2) is 0 Å². The van der Waals surface area contributed by atoms with Crippen LogP contribution in [0.25, 0.3) is 0 Å². The second-order valence-corrected chi connectivity index (χ2v) is 1.75. The highest BCUT2D eigenvalue weighted by molar-refractivity contribution is 4.63. The summed E-state index contributed by atoms with van der Waals surface area (Å²) in [5.41, 5.74) is 0. The van der Waals surface area contributed by atoms with E-state index in [1.807, 2.05) is 6.92 Å². The zero-order valence-corrected chi connectivity index (χ0v) is 4.22. The van der Waals surface area contributed by atoms with Crippen LogP contribution in [0, 0.1) is 0 Å². The minimum absolute atomic E-state index is 0.301. The first-order valence-corrected chi connectivity index (χ1v) is 2.35. The normalized spacial score (nSPS) is 42.0. The highest BCUT2D eigenvalue weighted by Crippen LogP contribution is 1.96. The Morgan fingerprint density at radius 2 is 2.57 bits per heavy atom. The molecule has 2 atom stereocenters. The molecule has 1 aliphatic rings. The Morgan fingerprint density at radius 1 is 1.86 bits per heavy atom. The van der Waals surface area contributed by atoms with Crippen LogP contribution in [0.5, 0.6) is 0 Å². The van der Waals surface area contributed by atoms with Crippen molar-refractivity contribution in [3.05, 3.63) is 0 Å². The molecule has 2 unspecified atom stereocenters. The molecule has 1 heterocycles. The lowest BCUT2D eigenvalue weighted by Crippen LogP contribution is -2.27. The van der Waals surface area contributed by atoms with Gasteiger partial charge in [0.2, 0.25) is 6.41 Å². The van der Waals surface area contributed by atoms with Crippen molar-refractivity contribution in [2.75, 3.05) is 6.61 Å². The monoisotopic (exact) mass is 103 g/mol. The first kappa shape index (κ1) is 5.03. The number of nitrogens with one attached hydrogen (secondary N) is 1. The van der Waals surface area contributed by atoms with Crippen LogP contribution < -0.4 is 5.32 Å². The van der Waals surface area contributed by atoms with E-state index in [1.54, 1.807) is 0 Å². The zero-order chi connectivity index (χ0) is 5.28. The summed E-state index contributed by atoms with van der Waals surface area (Å²) in [7, 11) is 0. The molecule has 1 saturated heterocycles. The predicted molar refractivity (Wildman–Crippen MR) is 24.6 cm³/mol. The second kappa shape index (κ2) is 1.78. The molecule has 42 valence electrons. The van der Waals surface area contributed by atoms with Crippen LogP contribution in [0.2, 0.25) is 0 Å². The van der Waals surface area contributed by atoms with E-state index in [9.17, 15) is 0 Å². The van der Waals surface area contributed by atoms with Crippen molar-refractivity contribution in [3.63, 3.8) is 0 Å². The molecular weight excluding hydrogens is 94.0 g/mol. The van der Waals surface area contributed by atoms with Crippen molar-refractivity contribution >= 4 is 0 Å². The lowest BCUT2D eigenvalue weighted by molar-refractivity contribution is -0.0719. The molecule has 0 aromatic carbocycles. The lowest BCUT2D eigenvalue weighted by Gasteiger charge is -1.98. The van der Waals surface area contributed by atoms with Crippen LogP contribution >= 0.6 is 0 Å². The van der Waals surface area contributed by atoms with Gasteiger partial charge in [-0.2, -0.15) is 0 Å². The standard InChI is InChI=1S/C4H9NO2/c1-3-2-7-4(6)5-3/h3-6H,2H2,1H3. The van der Waals surface area contributed by atoms with Crippen molar-refractivity contribution in [1.82, 2.24) is 5.32 Å². The molecule has 0 radical (unpaired) electrons. The van der Waals surface area contributed by atoms with Gasteiger partial charge < -0.3 is 9.84 Å². The van der Waals surface area contributed by atoms with Crippen molar-refractivity contribution in [2.45, 2.75) is 19.4 Å². The summed E-state index contributed by atoms with van der Waals surface area (Å²) in [6.45, 7) is 2.57. The van der Waals surface area contributed by atoms with Crippen molar-refractivity contribution in [3.8, 4) is 0 Å². The molecule has 2 N–H and O–H groups in total. The largest absolute Gasteiger partial charge is 0.356 e. The average molecular weight is 103 g/mol. The lowest BCUT2D eigenvalue weighted by atomic mass is 10.4. The Kier molecular flexibility index (Phi) is 1.27. The summed E-state index contributed by atoms with van der Waals surface area (Å²) in [5, 5.41) is 11.3. The van der Waals surface area contributed by atoms with Gasteiger partial charge in [-0.05, 0) is 6.92 Å². The van der Waals surface area contributed by atoms with E-state index >= 15 is 0 Å². The van der Waals surface area contributed by atoms with Gasteiger partial charge in [-0.1, -0.05) is 0 Å². The number of aliphatic hydroxyl groups is 1. The maximum atomic E-state index is 8.57. The third-order valence-corrected chi connectivity index (χ3v) is 0.931. The van der Waals surface area contributed by atoms with Crippen LogP contribution in [0.4, 0.5) is 0 Å². The van der Waals surface area contributed by atoms with Crippen molar-refractivity contribution < 1.29 is 9.84 Å². The highest BCUT2D eigenvalue weighted by Gasteiger charge is 2.16. The Balaban J connectivity index is 2.26. The van der Waals surface area contributed by atoms with E-state index in [4.69, 9.17) is 9.84 Å². The average Bonchev–Trinajstić information content (AvgIpc) is 1.87. The van der Waals surface area contributed by atoms with E-state index in [0.717, 1.165) is 0 Å². The Labute approximate surface area is 42.3 Å². The topological polar surface area (TPSA) is 41.5 Å². The van der Waals surface area contributed by atoms with Crippen molar-refractivity contribution in [2.24, 2.45) is 0 Å². The fourth-order valence-corrected chi connectivity index (χ4v) is 0.575. The second-order valence-electron chi connectivity index (χ2n) is 1.75. The molecule has 7 heavy (non-hydrogen) atoms. The molecule has 1 rings (SSSR count). The van der Waals surface area contributed by atoms with Gasteiger partial charge in [-0.3, -0.25) is 5.32 Å². The fraction of sp³-hybridized carbons (Fsp3) is 1.00. The van der Waals surface area contributed by atoms with E-state index < -0.39 is 6.41 Å². The molecule has 3 nitrogen and oxygen atoms in total. The summed E-state index contributed by atoms with van der Waals surface area (Å²) in [4.78, 5) is 0. The zero-order valence-electron chi connectivity index (χ0n) is 4.22. The molecule has 1 aliphatic heterocycles. The molecule has 0 amide bonds. The molecule has 0 bridgehead atoms. The smallest absolute Gasteiger partial charge is 0.213 e. The van der Waals surface area contributed by atoms with Gasteiger partial charge in [0.1, 0.15) is 0 Å². The Morgan fingerprint density at radius 3 is 2.71 bits per heavy atom. The number of ether oxygens (including phenoxy) is 1. The molecule has 0 aliphatic carbocycles. The van der Waals surface area contributed by atoms with Gasteiger partial charge in [-0.15, -0.1) is 0 Å². The summed E-state index contributed by atoms with van der Waals surface area (Å²) < 4.78 is 4.71. The van der Waals surface area contributed by atoms with Gasteiger partial charge in [-0.25, -0.2) is 0 Å². The maximum absolute atomic E-state index is 8.57. The van der Waals surface area contributed by atoms with E-state index in [1.165, 1.54) is 0 Å². The Bertz CT molecular complexity index is 58.7. The molecule has 0 saturated carbocycles. The molecule has 1 fully saturated rings. The summed E-state index contributed by atoms with van der Waals surface area (Å²) in [6.07, 6.45) is -0.727. The number of hydrogen-bond acceptors (Lipinski definition) is 3. The van der Waals surface area contributed by atoms with Crippen LogP contribution in [0.3, 0.4) is 0 Å². The summed E-state index contributed by atoms with van der Waals surface area (Å²) in [6, 6.07) is 0.301. The maximum Gasteiger partial charge on any atom is 0.213 e. The van der Waals surface area contributed by atoms with E-state index in [0.29, 0.717) is 12.6 Å². The van der Waals surface area contributed by atoms with Gasteiger partial charge in [0.25, 0.3) is 0 Å². The SMILES string of the molecule is CC1COC(O)N1. The molecule has 3 heteroatoms. The van der Waals surface area contributed by atoms with Gasteiger partial charge >= 0.3 is 0 Å². The van der Waals surface area contributed by atoms with E-state index in [2.05, 4.69) is 5.32 Å². The minimum Gasteiger partial charge on any atom is -0.356 e. The predicted octanol–water partition coefficient (Wildman–Crippen LogP) is -0.729. The third kappa shape index (κ3) is 1.12. The van der Waals surface area contributed by atoms with E-state index in [-0.39, 0.29) is 0 Å². The third-order valence-electron chi connectivity index (χ3n) is 0.931. The van der Waals surface area contributed by atoms with Crippen LogP contribution in [-0.2, 0) is 4.74 Å². The first-order chi connectivity index (χ1) is 3.29. The van der Waals surface area contributed by atoms with Gasteiger partial charge in [0.05, 0.1) is 6.61 Å². The van der Waals surface area contributed by atoms with Crippen LogP contribution in [0.15, 0.2) is 0 Å². The first-order valence-electron chi connectivity index (χ1n) is 2.35. The van der Waals surface area contributed by atoms with Crippen LogP contribution in [-0.4, -0.2) is 24.2 Å². The molecule has 0 aromatic heterocycles. The minimum atomic E-state index is -0.727. The summed E-state index contributed by atoms with van der Waals surface area (Å²) in [5.74, 6) is 0. The quantitative estimate of drug-likeness (QED) is 0.424. The number of hydrogen-bond donors (Lipinski definition) is 2. The van der Waals surface area contributed by atoms with Crippen LogP contribution in [0.1, 0.15) is 6.92 Å². The molecule has 0 spiro atoms. The van der Waals surface area contributed by atoms with Crippen molar-refractivity contribution in [1.29, 1.82) is 0 Å². The number of aliphatic hydroxyl groups excluding tert-OH is 1.